The summed E-state index contributed by atoms with van der Waals surface area (Å²) in [7, 11) is 1.63. The summed E-state index contributed by atoms with van der Waals surface area (Å²) in [5, 5.41) is 19.2. The second-order valence-electron chi connectivity index (χ2n) is 5.64. The Balaban J connectivity index is 2.00. The SMILES string of the molecule is COc1cccc(C2CC(O)CN2c2nc(C)cc(C#N)n2)c1. The van der Waals surface area contributed by atoms with E-state index >= 15 is 0 Å². The van der Waals surface area contributed by atoms with E-state index in [1.807, 2.05) is 36.1 Å². The Hall–Kier alpha value is -2.65. The predicted molar refractivity (Wildman–Crippen MR) is 85.2 cm³/mol. The van der Waals surface area contributed by atoms with Gasteiger partial charge in [-0.3, -0.25) is 0 Å². The third-order valence-electron chi connectivity index (χ3n) is 3.97. The topological polar surface area (TPSA) is 82.3 Å². The molecule has 1 aromatic carbocycles. The Morgan fingerprint density at radius 3 is 2.91 bits per heavy atom. The number of aliphatic hydroxyl groups excluding tert-OH is 1. The molecule has 0 amide bonds. The lowest BCUT2D eigenvalue weighted by molar-refractivity contribution is 0.194. The summed E-state index contributed by atoms with van der Waals surface area (Å²) in [5.41, 5.74) is 2.10. The number of methoxy groups -OCH3 is 1. The van der Waals surface area contributed by atoms with Crippen molar-refractivity contribution in [1.82, 2.24) is 9.97 Å². The second kappa shape index (κ2) is 6.23. The summed E-state index contributed by atoms with van der Waals surface area (Å²) in [4.78, 5) is 10.7. The maximum atomic E-state index is 10.1. The molecule has 0 spiro atoms. The van der Waals surface area contributed by atoms with Crippen LogP contribution in [-0.2, 0) is 0 Å². The van der Waals surface area contributed by atoms with Gasteiger partial charge in [-0.2, -0.15) is 5.26 Å². The molecule has 6 heteroatoms. The normalized spacial score (nSPS) is 20.3. The number of aliphatic hydroxyl groups is 1. The second-order valence-corrected chi connectivity index (χ2v) is 5.64. The molecule has 0 radical (unpaired) electrons. The Morgan fingerprint density at radius 2 is 2.17 bits per heavy atom. The van der Waals surface area contributed by atoms with Crippen LogP contribution in [0.1, 0.15) is 29.4 Å². The summed E-state index contributed by atoms with van der Waals surface area (Å²) in [6.45, 7) is 2.27. The van der Waals surface area contributed by atoms with Crippen molar-refractivity contribution in [2.75, 3.05) is 18.6 Å². The highest BCUT2D eigenvalue weighted by atomic mass is 16.5. The van der Waals surface area contributed by atoms with Gasteiger partial charge in [-0.15, -0.1) is 0 Å². The molecular weight excluding hydrogens is 292 g/mol. The summed E-state index contributed by atoms with van der Waals surface area (Å²) in [6, 6.07) is 11.4. The number of rotatable bonds is 3. The molecule has 2 unspecified atom stereocenters. The molecule has 1 aromatic heterocycles. The predicted octanol–water partition coefficient (Wildman–Crippen LogP) is 1.98. The Kier molecular flexibility index (Phi) is 4.13. The fraction of sp³-hybridized carbons (Fsp3) is 0.353. The van der Waals surface area contributed by atoms with E-state index in [9.17, 15) is 5.11 Å². The van der Waals surface area contributed by atoms with Crippen LogP contribution in [0.5, 0.6) is 5.75 Å². The molecular formula is C17H18N4O2. The number of nitrogens with zero attached hydrogens (tertiary/aromatic N) is 4. The van der Waals surface area contributed by atoms with E-state index in [0.29, 0.717) is 24.6 Å². The van der Waals surface area contributed by atoms with E-state index in [4.69, 9.17) is 10.00 Å². The quantitative estimate of drug-likeness (QED) is 0.933. The van der Waals surface area contributed by atoms with Gasteiger partial charge >= 0.3 is 0 Å². The maximum Gasteiger partial charge on any atom is 0.227 e. The number of aryl methyl sites for hydroxylation is 1. The molecule has 23 heavy (non-hydrogen) atoms. The molecule has 3 rings (SSSR count). The van der Waals surface area contributed by atoms with Crippen LogP contribution in [0.2, 0.25) is 0 Å². The number of hydrogen-bond donors (Lipinski definition) is 1. The molecule has 1 fully saturated rings. The van der Waals surface area contributed by atoms with Crippen LogP contribution in [0.25, 0.3) is 0 Å². The minimum atomic E-state index is -0.458. The highest BCUT2D eigenvalue weighted by Crippen LogP contribution is 2.36. The first-order valence-electron chi connectivity index (χ1n) is 7.45. The van der Waals surface area contributed by atoms with Gasteiger partial charge in [-0.05, 0) is 37.1 Å². The number of anilines is 1. The van der Waals surface area contributed by atoms with E-state index in [0.717, 1.165) is 17.0 Å². The smallest absolute Gasteiger partial charge is 0.227 e. The van der Waals surface area contributed by atoms with E-state index in [1.54, 1.807) is 13.2 Å². The van der Waals surface area contributed by atoms with Crippen LogP contribution < -0.4 is 9.64 Å². The van der Waals surface area contributed by atoms with E-state index in [-0.39, 0.29) is 6.04 Å². The van der Waals surface area contributed by atoms with E-state index < -0.39 is 6.10 Å². The Bertz CT molecular complexity index is 756. The molecule has 1 saturated heterocycles. The van der Waals surface area contributed by atoms with Gasteiger partial charge in [0.15, 0.2) is 0 Å². The highest BCUT2D eigenvalue weighted by Gasteiger charge is 2.34. The van der Waals surface area contributed by atoms with Crippen molar-refractivity contribution in [3.8, 4) is 11.8 Å². The van der Waals surface area contributed by atoms with Crippen LogP contribution in [0.3, 0.4) is 0 Å². The highest BCUT2D eigenvalue weighted by molar-refractivity contribution is 5.43. The third kappa shape index (κ3) is 3.10. The van der Waals surface area contributed by atoms with Gasteiger partial charge in [0.1, 0.15) is 17.5 Å². The zero-order valence-corrected chi connectivity index (χ0v) is 13.1. The van der Waals surface area contributed by atoms with Crippen molar-refractivity contribution in [3.05, 3.63) is 47.3 Å². The maximum absolute atomic E-state index is 10.1. The van der Waals surface area contributed by atoms with Crippen molar-refractivity contribution in [3.63, 3.8) is 0 Å². The number of aromatic nitrogens is 2. The van der Waals surface area contributed by atoms with Crippen molar-refractivity contribution >= 4 is 5.95 Å². The fourth-order valence-electron chi connectivity index (χ4n) is 2.94. The van der Waals surface area contributed by atoms with Crippen molar-refractivity contribution in [1.29, 1.82) is 5.26 Å². The molecule has 2 atom stereocenters. The summed E-state index contributed by atoms with van der Waals surface area (Å²) in [5.74, 6) is 1.25. The van der Waals surface area contributed by atoms with Crippen LogP contribution in [0.15, 0.2) is 30.3 Å². The van der Waals surface area contributed by atoms with Gasteiger partial charge in [-0.25, -0.2) is 9.97 Å². The Morgan fingerprint density at radius 1 is 1.35 bits per heavy atom. The van der Waals surface area contributed by atoms with Crippen molar-refractivity contribution < 1.29 is 9.84 Å². The molecule has 1 aliphatic rings. The molecule has 1 N–H and O–H groups in total. The third-order valence-corrected chi connectivity index (χ3v) is 3.97. The van der Waals surface area contributed by atoms with Gasteiger partial charge in [0.2, 0.25) is 5.95 Å². The van der Waals surface area contributed by atoms with Gasteiger partial charge in [0.05, 0.1) is 19.3 Å². The number of nitriles is 1. The number of ether oxygens (including phenoxy) is 1. The standard InChI is InChI=1S/C17H18N4O2/c1-11-6-13(9-18)20-17(19-11)21-10-14(22)8-16(21)12-4-3-5-15(7-12)23-2/h3-7,14,16,22H,8,10H2,1-2H3. The molecule has 2 aromatic rings. The number of β-amino-alcohol motifs (C(OH)–C–C–N with tert-alkyl or cyclic N) is 1. The van der Waals surface area contributed by atoms with Crippen LogP contribution in [0.4, 0.5) is 5.95 Å². The monoisotopic (exact) mass is 310 g/mol. The summed E-state index contributed by atoms with van der Waals surface area (Å²) >= 11 is 0. The van der Waals surface area contributed by atoms with Gasteiger partial charge in [-0.1, -0.05) is 12.1 Å². The van der Waals surface area contributed by atoms with E-state index in [2.05, 4.69) is 16.0 Å². The molecule has 2 heterocycles. The van der Waals surface area contributed by atoms with Crippen molar-refractivity contribution in [2.45, 2.75) is 25.5 Å². The zero-order chi connectivity index (χ0) is 16.4. The van der Waals surface area contributed by atoms with Gasteiger partial charge in [0, 0.05) is 12.2 Å². The van der Waals surface area contributed by atoms with E-state index in [1.165, 1.54) is 0 Å². The Labute approximate surface area is 135 Å². The lowest BCUT2D eigenvalue weighted by atomic mass is 10.0. The molecule has 6 nitrogen and oxygen atoms in total. The average Bonchev–Trinajstić information content (AvgIpc) is 2.96. The first-order valence-corrected chi connectivity index (χ1v) is 7.45. The van der Waals surface area contributed by atoms with Crippen LogP contribution in [-0.4, -0.2) is 34.8 Å². The summed E-state index contributed by atoms with van der Waals surface area (Å²) in [6.07, 6.45) is 0.132. The molecule has 1 aliphatic heterocycles. The lowest BCUT2D eigenvalue weighted by Crippen LogP contribution is -2.26. The van der Waals surface area contributed by atoms with Crippen molar-refractivity contribution in [2.24, 2.45) is 0 Å². The number of hydrogen-bond acceptors (Lipinski definition) is 6. The van der Waals surface area contributed by atoms with Gasteiger partial charge < -0.3 is 14.7 Å². The molecule has 0 bridgehead atoms. The number of benzene rings is 1. The van der Waals surface area contributed by atoms with Crippen LogP contribution in [0, 0.1) is 18.3 Å². The lowest BCUT2D eigenvalue weighted by Gasteiger charge is -2.25. The minimum absolute atomic E-state index is 0.0477. The summed E-state index contributed by atoms with van der Waals surface area (Å²) < 4.78 is 5.28. The molecule has 0 saturated carbocycles. The average molecular weight is 310 g/mol. The first-order chi connectivity index (χ1) is 11.1. The van der Waals surface area contributed by atoms with Gasteiger partial charge in [0.25, 0.3) is 0 Å². The molecule has 118 valence electrons. The largest absolute Gasteiger partial charge is 0.497 e. The van der Waals surface area contributed by atoms with Crippen LogP contribution >= 0.6 is 0 Å². The molecule has 0 aliphatic carbocycles. The first kappa shape index (κ1) is 15.3. The fourth-order valence-corrected chi connectivity index (χ4v) is 2.94. The zero-order valence-electron chi connectivity index (χ0n) is 13.1. The minimum Gasteiger partial charge on any atom is -0.497 e.